The summed E-state index contributed by atoms with van der Waals surface area (Å²) in [4.78, 5) is 0. The Morgan fingerprint density at radius 3 is 2.35 bits per heavy atom. The molecule has 0 amide bonds. The van der Waals surface area contributed by atoms with Crippen molar-refractivity contribution in [2.45, 2.75) is 99.3 Å². The van der Waals surface area contributed by atoms with Gasteiger partial charge in [0.15, 0.2) is 0 Å². The summed E-state index contributed by atoms with van der Waals surface area (Å²) in [5, 5.41) is 4.06. The predicted octanol–water partition coefficient (Wildman–Crippen LogP) is 9.03. The molecule has 2 aromatic carbocycles. The second kappa shape index (κ2) is 9.53. The summed E-state index contributed by atoms with van der Waals surface area (Å²) in [5.74, 6) is 2.42. The van der Waals surface area contributed by atoms with E-state index in [9.17, 15) is 0 Å². The number of hydrogen-bond donors (Lipinski definition) is 2. The first kappa shape index (κ1) is 25.9. The Kier molecular flexibility index (Phi) is 6.67. The summed E-state index contributed by atoms with van der Waals surface area (Å²) in [6, 6.07) is 11.2. The van der Waals surface area contributed by atoms with Crippen molar-refractivity contribution in [3.8, 4) is 0 Å². The standard InChI is InChI=1S/C35H45N2/c1-9-26-31(19-25-17-29(25)35(6,7)8)37-32-18-24(33-21(3)15-20(2)16-22(33)4)13-14-28(32)34(26)27-11-10-12-30(36)23(27)5/h10-12,15-17,24,34,37H,9,13-14,18-19,36H2,1-8H3. The lowest BCUT2D eigenvalue weighted by molar-refractivity contribution is 0.509. The minimum atomic E-state index is 0.224. The van der Waals surface area contributed by atoms with E-state index in [1.54, 1.807) is 16.7 Å². The van der Waals surface area contributed by atoms with Crippen LogP contribution in [-0.2, 0) is 0 Å². The van der Waals surface area contributed by atoms with E-state index in [0.29, 0.717) is 11.8 Å². The Hall–Kier alpha value is -2.74. The van der Waals surface area contributed by atoms with E-state index < -0.39 is 0 Å². The molecule has 37 heavy (non-hydrogen) atoms. The van der Waals surface area contributed by atoms with Gasteiger partial charge in [0.25, 0.3) is 0 Å². The number of allylic oxidation sites excluding steroid dienone is 6. The van der Waals surface area contributed by atoms with Crippen molar-refractivity contribution in [1.29, 1.82) is 0 Å². The maximum absolute atomic E-state index is 6.46. The molecule has 0 spiro atoms. The number of dihydropyridines is 1. The summed E-state index contributed by atoms with van der Waals surface area (Å²) in [6.45, 7) is 18.3. The average Bonchev–Trinajstić information content (AvgIpc) is 3.59. The van der Waals surface area contributed by atoms with Gasteiger partial charge >= 0.3 is 0 Å². The number of aryl methyl sites for hydroxylation is 3. The van der Waals surface area contributed by atoms with Crippen LogP contribution in [0.15, 0.2) is 64.5 Å². The van der Waals surface area contributed by atoms with E-state index >= 15 is 0 Å². The van der Waals surface area contributed by atoms with Crippen LogP contribution in [0.2, 0.25) is 0 Å². The van der Waals surface area contributed by atoms with Crippen LogP contribution in [0.1, 0.15) is 105 Å². The molecule has 1 radical (unpaired) electrons. The second-order valence-corrected chi connectivity index (χ2v) is 12.7. The average molecular weight is 494 g/mol. The highest BCUT2D eigenvalue weighted by atomic mass is 14.9. The van der Waals surface area contributed by atoms with Gasteiger partial charge in [0.1, 0.15) is 0 Å². The van der Waals surface area contributed by atoms with Crippen molar-refractivity contribution < 1.29 is 0 Å². The minimum Gasteiger partial charge on any atom is -0.399 e. The third kappa shape index (κ3) is 4.80. The molecule has 0 saturated carbocycles. The summed E-state index contributed by atoms with van der Waals surface area (Å²) in [5.41, 5.74) is 23.6. The van der Waals surface area contributed by atoms with Crippen molar-refractivity contribution in [3.05, 3.63) is 104 Å². The molecule has 2 atom stereocenters. The highest BCUT2D eigenvalue weighted by Gasteiger charge is 2.39. The van der Waals surface area contributed by atoms with Gasteiger partial charge in [0.05, 0.1) is 0 Å². The zero-order chi connectivity index (χ0) is 26.6. The van der Waals surface area contributed by atoms with Gasteiger partial charge in [-0.25, -0.2) is 0 Å². The molecule has 0 fully saturated rings. The Morgan fingerprint density at radius 1 is 1.03 bits per heavy atom. The third-order valence-corrected chi connectivity index (χ3v) is 9.00. The van der Waals surface area contributed by atoms with E-state index in [1.807, 2.05) is 6.07 Å². The van der Waals surface area contributed by atoms with Crippen LogP contribution in [0.25, 0.3) is 0 Å². The predicted molar refractivity (Wildman–Crippen MR) is 158 cm³/mol. The molecule has 1 heterocycles. The lowest BCUT2D eigenvalue weighted by Crippen LogP contribution is -2.31. The van der Waals surface area contributed by atoms with E-state index in [2.05, 4.69) is 91.0 Å². The lowest BCUT2D eigenvalue weighted by atomic mass is 9.70. The van der Waals surface area contributed by atoms with Gasteiger partial charge in [0.2, 0.25) is 0 Å². The molecule has 0 saturated heterocycles. The zero-order valence-corrected chi connectivity index (χ0v) is 24.2. The normalized spacial score (nSPS) is 22.1. The maximum atomic E-state index is 6.46. The van der Waals surface area contributed by atoms with Crippen LogP contribution in [0, 0.1) is 39.0 Å². The molecule has 0 aromatic heterocycles. The summed E-state index contributed by atoms with van der Waals surface area (Å²) in [6.07, 6.45) is 7.91. The fourth-order valence-corrected chi connectivity index (χ4v) is 7.25. The molecule has 2 nitrogen and oxygen atoms in total. The monoisotopic (exact) mass is 493 g/mol. The summed E-state index contributed by atoms with van der Waals surface area (Å²) in [7, 11) is 0. The van der Waals surface area contributed by atoms with Gasteiger partial charge in [-0.3, -0.25) is 0 Å². The number of hydrogen-bond acceptors (Lipinski definition) is 2. The van der Waals surface area contributed by atoms with Crippen LogP contribution in [0.5, 0.6) is 0 Å². The topological polar surface area (TPSA) is 38.0 Å². The first-order valence-electron chi connectivity index (χ1n) is 14.2. The van der Waals surface area contributed by atoms with Crippen LogP contribution in [0.4, 0.5) is 5.69 Å². The molecule has 3 N–H and O–H groups in total. The van der Waals surface area contributed by atoms with Crippen molar-refractivity contribution in [3.63, 3.8) is 0 Å². The number of nitrogens with one attached hydrogen (secondary N) is 1. The van der Waals surface area contributed by atoms with Crippen molar-refractivity contribution >= 4 is 5.69 Å². The van der Waals surface area contributed by atoms with Crippen molar-refractivity contribution in [2.75, 3.05) is 5.73 Å². The number of benzene rings is 2. The largest absolute Gasteiger partial charge is 0.399 e. The SMILES string of the molecule is CCC1=C(C[C]2C=C2C(C)(C)C)NC2=C(CCC(c3c(C)cc(C)cc3C)C2)C1c1cccc(N)c1C. The van der Waals surface area contributed by atoms with Crippen LogP contribution >= 0.6 is 0 Å². The maximum Gasteiger partial charge on any atom is 0.0346 e. The molecule has 3 aliphatic rings. The third-order valence-electron chi connectivity index (χ3n) is 9.00. The zero-order valence-electron chi connectivity index (χ0n) is 24.2. The lowest BCUT2D eigenvalue weighted by Gasteiger charge is -2.40. The molecule has 0 bridgehead atoms. The molecular formula is C35H45N2. The van der Waals surface area contributed by atoms with E-state index in [0.717, 1.165) is 31.4 Å². The van der Waals surface area contributed by atoms with Gasteiger partial charge in [-0.2, -0.15) is 0 Å². The van der Waals surface area contributed by atoms with Gasteiger partial charge in [-0.05, 0) is 110 Å². The van der Waals surface area contributed by atoms with Crippen molar-refractivity contribution in [2.24, 2.45) is 5.41 Å². The van der Waals surface area contributed by atoms with Crippen LogP contribution < -0.4 is 11.1 Å². The Morgan fingerprint density at radius 2 is 1.73 bits per heavy atom. The Bertz CT molecular complexity index is 1300. The van der Waals surface area contributed by atoms with E-state index in [4.69, 9.17) is 5.73 Å². The van der Waals surface area contributed by atoms with Gasteiger partial charge in [0, 0.05) is 35.3 Å². The molecule has 2 heteroatoms. The molecule has 2 unspecified atom stereocenters. The molecule has 5 rings (SSSR count). The number of nitrogens with two attached hydrogens (primary N) is 1. The number of anilines is 1. The summed E-state index contributed by atoms with van der Waals surface area (Å²) < 4.78 is 0. The quantitative estimate of drug-likeness (QED) is 0.408. The highest BCUT2D eigenvalue weighted by Crippen LogP contribution is 2.53. The first-order valence-corrected chi connectivity index (χ1v) is 14.2. The van der Waals surface area contributed by atoms with Crippen LogP contribution in [-0.4, -0.2) is 0 Å². The number of rotatable bonds is 5. The Balaban J connectivity index is 1.55. The first-order chi connectivity index (χ1) is 17.5. The fourth-order valence-electron chi connectivity index (χ4n) is 7.25. The van der Waals surface area contributed by atoms with Gasteiger partial charge in [-0.15, -0.1) is 0 Å². The van der Waals surface area contributed by atoms with Crippen molar-refractivity contribution in [1.82, 2.24) is 5.32 Å². The molecule has 195 valence electrons. The minimum absolute atomic E-state index is 0.224. The smallest absolute Gasteiger partial charge is 0.0346 e. The Labute approximate surface area is 225 Å². The van der Waals surface area contributed by atoms with Gasteiger partial charge < -0.3 is 11.1 Å². The second-order valence-electron chi connectivity index (χ2n) is 12.7. The molecule has 2 aliphatic carbocycles. The van der Waals surface area contributed by atoms with E-state index in [-0.39, 0.29) is 5.41 Å². The van der Waals surface area contributed by atoms with E-state index in [1.165, 1.54) is 57.1 Å². The number of nitrogen functional groups attached to an aromatic ring is 1. The molecule has 1 aliphatic heterocycles. The summed E-state index contributed by atoms with van der Waals surface area (Å²) >= 11 is 0. The molecule has 2 aromatic rings. The molecular weight excluding hydrogens is 448 g/mol. The van der Waals surface area contributed by atoms with Crippen LogP contribution in [0.3, 0.4) is 0 Å². The van der Waals surface area contributed by atoms with Gasteiger partial charge in [-0.1, -0.05) is 69.2 Å². The fraction of sp³-hybridized carbons (Fsp3) is 0.457. The highest BCUT2D eigenvalue weighted by molar-refractivity contribution is 5.60.